The summed E-state index contributed by atoms with van der Waals surface area (Å²) in [5.74, 6) is 0.643. The van der Waals surface area contributed by atoms with Crippen molar-refractivity contribution in [3.05, 3.63) is 45.7 Å². The van der Waals surface area contributed by atoms with Crippen molar-refractivity contribution >= 4 is 21.6 Å². The molecule has 0 bridgehead atoms. The van der Waals surface area contributed by atoms with Crippen molar-refractivity contribution in [2.24, 2.45) is 0 Å². The Kier molecular flexibility index (Phi) is 3.47. The highest BCUT2D eigenvalue weighted by Gasteiger charge is 2.05. The van der Waals surface area contributed by atoms with E-state index in [1.807, 2.05) is 13.8 Å². The van der Waals surface area contributed by atoms with Crippen molar-refractivity contribution in [3.8, 4) is 0 Å². The van der Waals surface area contributed by atoms with Gasteiger partial charge in [0.25, 0.3) is 0 Å². The molecule has 17 heavy (non-hydrogen) atoms. The second-order valence-corrected chi connectivity index (χ2v) is 4.78. The number of imidazole rings is 1. The standard InChI is InChI=1S/C12H13BrFN3/c1-7-3-11(14)10(13)4-12(7)16-6-9-5-15-8(2)17-9/h3-5,16H,6H2,1-2H3,(H,15,17). The zero-order valence-corrected chi connectivity index (χ0v) is 11.2. The van der Waals surface area contributed by atoms with Crippen molar-refractivity contribution in [1.29, 1.82) is 0 Å². The average Bonchev–Trinajstić information content (AvgIpc) is 2.68. The normalized spacial score (nSPS) is 10.6. The van der Waals surface area contributed by atoms with E-state index in [1.165, 1.54) is 6.07 Å². The first-order chi connectivity index (χ1) is 8.06. The molecule has 0 atom stereocenters. The minimum Gasteiger partial charge on any atom is -0.379 e. The summed E-state index contributed by atoms with van der Waals surface area (Å²) < 4.78 is 13.7. The highest BCUT2D eigenvalue weighted by molar-refractivity contribution is 9.10. The molecule has 1 aromatic carbocycles. The maximum atomic E-state index is 13.2. The monoisotopic (exact) mass is 297 g/mol. The van der Waals surface area contributed by atoms with Gasteiger partial charge >= 0.3 is 0 Å². The molecule has 90 valence electrons. The molecule has 0 aliphatic carbocycles. The van der Waals surface area contributed by atoms with E-state index < -0.39 is 0 Å². The van der Waals surface area contributed by atoms with Crippen LogP contribution in [0.25, 0.3) is 0 Å². The Hall–Kier alpha value is -1.36. The van der Waals surface area contributed by atoms with Crippen molar-refractivity contribution < 1.29 is 4.39 Å². The molecule has 2 aromatic rings. The van der Waals surface area contributed by atoms with Crippen LogP contribution in [0, 0.1) is 19.7 Å². The summed E-state index contributed by atoms with van der Waals surface area (Å²) in [6.07, 6.45) is 1.79. The van der Waals surface area contributed by atoms with E-state index in [2.05, 4.69) is 31.2 Å². The Balaban J connectivity index is 2.11. The van der Waals surface area contributed by atoms with Crippen LogP contribution < -0.4 is 5.32 Å². The Bertz CT molecular complexity index is 537. The van der Waals surface area contributed by atoms with E-state index in [-0.39, 0.29) is 5.82 Å². The smallest absolute Gasteiger partial charge is 0.137 e. The van der Waals surface area contributed by atoms with Crippen LogP contribution in [0.15, 0.2) is 22.8 Å². The number of hydrogen-bond donors (Lipinski definition) is 2. The molecule has 0 spiro atoms. The summed E-state index contributed by atoms with van der Waals surface area (Å²) >= 11 is 3.18. The van der Waals surface area contributed by atoms with Crippen LogP contribution in [0.4, 0.5) is 10.1 Å². The quantitative estimate of drug-likeness (QED) is 0.910. The van der Waals surface area contributed by atoms with Crippen LogP contribution in [0.1, 0.15) is 17.1 Å². The van der Waals surface area contributed by atoms with E-state index in [0.29, 0.717) is 11.0 Å². The second kappa shape index (κ2) is 4.87. The summed E-state index contributed by atoms with van der Waals surface area (Å²) in [7, 11) is 0. The lowest BCUT2D eigenvalue weighted by molar-refractivity contribution is 0.620. The maximum absolute atomic E-state index is 13.2. The SMILES string of the molecule is Cc1ncc(CNc2cc(Br)c(F)cc2C)[nH]1. The predicted octanol–water partition coefficient (Wildman–Crippen LogP) is 3.54. The first-order valence-corrected chi connectivity index (χ1v) is 6.05. The van der Waals surface area contributed by atoms with Gasteiger partial charge in [0.2, 0.25) is 0 Å². The first-order valence-electron chi connectivity index (χ1n) is 5.26. The number of anilines is 1. The average molecular weight is 298 g/mol. The fourth-order valence-corrected chi connectivity index (χ4v) is 1.93. The van der Waals surface area contributed by atoms with E-state index in [4.69, 9.17) is 0 Å². The zero-order chi connectivity index (χ0) is 12.4. The lowest BCUT2D eigenvalue weighted by Gasteiger charge is -2.09. The molecule has 0 aliphatic rings. The molecule has 0 fully saturated rings. The van der Waals surface area contributed by atoms with Crippen LogP contribution in [0.5, 0.6) is 0 Å². The van der Waals surface area contributed by atoms with Gasteiger partial charge in [-0.15, -0.1) is 0 Å². The minimum atomic E-state index is -0.245. The van der Waals surface area contributed by atoms with Crippen molar-refractivity contribution in [3.63, 3.8) is 0 Å². The summed E-state index contributed by atoms with van der Waals surface area (Å²) in [5, 5.41) is 3.24. The largest absolute Gasteiger partial charge is 0.379 e. The van der Waals surface area contributed by atoms with E-state index in [1.54, 1.807) is 12.3 Å². The molecule has 0 saturated heterocycles. The number of aromatic amines is 1. The molecule has 0 unspecified atom stereocenters. The lowest BCUT2D eigenvalue weighted by atomic mass is 10.2. The van der Waals surface area contributed by atoms with Gasteiger partial charge in [-0.3, -0.25) is 0 Å². The molecule has 0 radical (unpaired) electrons. The second-order valence-electron chi connectivity index (χ2n) is 3.93. The van der Waals surface area contributed by atoms with Gasteiger partial charge in [-0.1, -0.05) is 0 Å². The fourth-order valence-electron chi connectivity index (χ4n) is 1.59. The number of nitrogens with zero attached hydrogens (tertiary/aromatic N) is 1. The summed E-state index contributed by atoms with van der Waals surface area (Å²) in [4.78, 5) is 7.25. The molecular weight excluding hydrogens is 285 g/mol. The Labute approximate surface area is 108 Å². The molecule has 0 aliphatic heterocycles. The minimum absolute atomic E-state index is 0.245. The van der Waals surface area contributed by atoms with E-state index in [9.17, 15) is 4.39 Å². The summed E-state index contributed by atoms with van der Waals surface area (Å²) in [5.41, 5.74) is 2.79. The third-order valence-corrected chi connectivity index (χ3v) is 3.10. The molecule has 1 aromatic heterocycles. The number of H-pyrrole nitrogens is 1. The highest BCUT2D eigenvalue weighted by atomic mass is 79.9. The molecule has 1 heterocycles. The third kappa shape index (κ3) is 2.85. The van der Waals surface area contributed by atoms with Gasteiger partial charge in [0.15, 0.2) is 0 Å². The maximum Gasteiger partial charge on any atom is 0.137 e. The summed E-state index contributed by atoms with van der Waals surface area (Å²) in [6.45, 7) is 4.42. The van der Waals surface area contributed by atoms with Gasteiger partial charge in [-0.05, 0) is 47.5 Å². The van der Waals surface area contributed by atoms with E-state index >= 15 is 0 Å². The number of rotatable bonds is 3. The fraction of sp³-hybridized carbons (Fsp3) is 0.250. The number of nitrogens with one attached hydrogen (secondary N) is 2. The zero-order valence-electron chi connectivity index (χ0n) is 9.64. The first kappa shape index (κ1) is 12.1. The van der Waals surface area contributed by atoms with Crippen molar-refractivity contribution in [2.75, 3.05) is 5.32 Å². The number of aryl methyl sites for hydroxylation is 2. The van der Waals surface area contributed by atoms with Gasteiger partial charge in [-0.25, -0.2) is 9.37 Å². The Morgan fingerprint density at radius 2 is 2.18 bits per heavy atom. The molecule has 2 N–H and O–H groups in total. The van der Waals surface area contributed by atoms with Crippen LogP contribution >= 0.6 is 15.9 Å². The van der Waals surface area contributed by atoms with Crippen LogP contribution in [-0.2, 0) is 6.54 Å². The molecule has 0 amide bonds. The molecular formula is C12H13BrFN3. The van der Waals surface area contributed by atoms with Crippen molar-refractivity contribution in [1.82, 2.24) is 9.97 Å². The number of hydrogen-bond acceptors (Lipinski definition) is 2. The topological polar surface area (TPSA) is 40.7 Å². The molecule has 3 nitrogen and oxygen atoms in total. The molecule has 5 heteroatoms. The third-order valence-electron chi connectivity index (χ3n) is 2.49. The summed E-state index contributed by atoms with van der Waals surface area (Å²) in [6, 6.07) is 3.25. The van der Waals surface area contributed by atoms with Gasteiger partial charge in [0.05, 0.1) is 22.9 Å². The van der Waals surface area contributed by atoms with Crippen LogP contribution in [-0.4, -0.2) is 9.97 Å². The Morgan fingerprint density at radius 3 is 2.82 bits per heavy atom. The number of benzene rings is 1. The Morgan fingerprint density at radius 1 is 1.41 bits per heavy atom. The number of aromatic nitrogens is 2. The van der Waals surface area contributed by atoms with Gasteiger partial charge < -0.3 is 10.3 Å². The highest BCUT2D eigenvalue weighted by Crippen LogP contribution is 2.24. The van der Waals surface area contributed by atoms with Gasteiger partial charge in [0.1, 0.15) is 11.6 Å². The van der Waals surface area contributed by atoms with Gasteiger partial charge in [0, 0.05) is 5.69 Å². The van der Waals surface area contributed by atoms with Crippen LogP contribution in [0.3, 0.4) is 0 Å². The van der Waals surface area contributed by atoms with Crippen molar-refractivity contribution in [2.45, 2.75) is 20.4 Å². The lowest BCUT2D eigenvalue weighted by Crippen LogP contribution is -2.02. The molecule has 2 rings (SSSR count). The predicted molar refractivity (Wildman–Crippen MR) is 69.5 cm³/mol. The number of halogens is 2. The van der Waals surface area contributed by atoms with E-state index in [0.717, 1.165) is 22.8 Å². The molecule has 0 saturated carbocycles. The van der Waals surface area contributed by atoms with Crippen LogP contribution in [0.2, 0.25) is 0 Å². The van der Waals surface area contributed by atoms with Gasteiger partial charge in [-0.2, -0.15) is 0 Å².